The van der Waals surface area contributed by atoms with Crippen LogP contribution in [0.3, 0.4) is 0 Å². The number of unbranched alkanes of at least 4 members (excludes halogenated alkanes) is 3. The molecule has 8 nitrogen and oxygen atoms in total. The average Bonchev–Trinajstić information content (AvgIpc) is 2.95. The molecule has 0 aliphatic heterocycles. The summed E-state index contributed by atoms with van der Waals surface area (Å²) in [5, 5.41) is 0. The maximum atomic E-state index is 6.25. The molecule has 4 aromatic carbocycles. The van der Waals surface area contributed by atoms with Crippen molar-refractivity contribution in [3.63, 3.8) is 0 Å². The van der Waals surface area contributed by atoms with Gasteiger partial charge in [0, 0.05) is 41.3 Å². The highest BCUT2D eigenvalue weighted by molar-refractivity contribution is 5.45. The third kappa shape index (κ3) is 10.4. The van der Waals surface area contributed by atoms with Crippen LogP contribution < -0.4 is 41.9 Å². The summed E-state index contributed by atoms with van der Waals surface area (Å²) in [5.41, 5.74) is 26.2. The number of benzene rings is 4. The van der Waals surface area contributed by atoms with E-state index in [1.54, 1.807) is 6.07 Å². The number of anilines is 4. The summed E-state index contributed by atoms with van der Waals surface area (Å²) in [5.74, 6) is 2.87. The Hall–Kier alpha value is -4.72. The van der Waals surface area contributed by atoms with E-state index in [0.717, 1.165) is 50.0 Å². The standard InChI is InChI=1S/C33H40N4O4/c34-24-13-17-28(18-14-24)39-32(23-38-30-10-5-7-26(36)21-30)9-3-1-2-4-12-33(40-29-19-15-25(35)16-20-29)41-31-11-6-8-27(37)22-31/h5-8,10-11,13-22,32-33H,1-4,9,12,23,34-37H2. The number of rotatable bonds is 16. The molecule has 0 aliphatic rings. The predicted octanol–water partition coefficient (Wildman–Crippen LogP) is 6.67. The van der Waals surface area contributed by atoms with Crippen LogP contribution in [0.1, 0.15) is 38.5 Å². The summed E-state index contributed by atoms with van der Waals surface area (Å²) in [4.78, 5) is 0. The molecule has 0 saturated carbocycles. The van der Waals surface area contributed by atoms with E-state index in [-0.39, 0.29) is 6.10 Å². The van der Waals surface area contributed by atoms with E-state index in [2.05, 4.69) is 0 Å². The van der Waals surface area contributed by atoms with Crippen molar-refractivity contribution in [1.82, 2.24) is 0 Å². The van der Waals surface area contributed by atoms with Crippen LogP contribution in [0.4, 0.5) is 22.7 Å². The Morgan fingerprint density at radius 1 is 0.463 bits per heavy atom. The van der Waals surface area contributed by atoms with Gasteiger partial charge in [-0.25, -0.2) is 0 Å². The van der Waals surface area contributed by atoms with Crippen LogP contribution >= 0.6 is 0 Å². The van der Waals surface area contributed by atoms with E-state index < -0.39 is 6.29 Å². The van der Waals surface area contributed by atoms with E-state index in [0.29, 0.717) is 40.9 Å². The zero-order chi connectivity index (χ0) is 28.9. The number of hydrogen-bond acceptors (Lipinski definition) is 8. The molecule has 4 aromatic rings. The SMILES string of the molecule is Nc1ccc(OC(CCCCCCC(Oc2ccc(N)cc2)Oc2cccc(N)c2)COc2cccc(N)c2)cc1. The maximum absolute atomic E-state index is 6.25. The Morgan fingerprint density at radius 3 is 1.59 bits per heavy atom. The van der Waals surface area contributed by atoms with Gasteiger partial charge in [-0.05, 0) is 92.1 Å². The van der Waals surface area contributed by atoms with E-state index in [4.69, 9.17) is 41.9 Å². The Kier molecular flexibility index (Phi) is 10.8. The summed E-state index contributed by atoms with van der Waals surface area (Å²) >= 11 is 0. The fourth-order valence-electron chi connectivity index (χ4n) is 4.32. The normalized spacial score (nSPS) is 12.3. The fraction of sp³-hybridized carbons (Fsp3) is 0.273. The molecule has 0 spiro atoms. The molecule has 0 fully saturated rings. The first-order chi connectivity index (χ1) is 19.9. The smallest absolute Gasteiger partial charge is 0.241 e. The van der Waals surface area contributed by atoms with Crippen molar-refractivity contribution in [3.05, 3.63) is 97.1 Å². The van der Waals surface area contributed by atoms with Gasteiger partial charge in [-0.15, -0.1) is 0 Å². The third-order valence-corrected chi connectivity index (χ3v) is 6.47. The van der Waals surface area contributed by atoms with Gasteiger partial charge in [0.1, 0.15) is 35.7 Å². The van der Waals surface area contributed by atoms with Crippen LogP contribution in [-0.2, 0) is 0 Å². The molecule has 8 N–H and O–H groups in total. The minimum absolute atomic E-state index is 0.117. The molecule has 41 heavy (non-hydrogen) atoms. The molecule has 4 rings (SSSR count). The second-order valence-electron chi connectivity index (χ2n) is 9.99. The van der Waals surface area contributed by atoms with Gasteiger partial charge in [0.2, 0.25) is 6.29 Å². The van der Waals surface area contributed by atoms with Crippen molar-refractivity contribution < 1.29 is 18.9 Å². The molecule has 0 heterocycles. The van der Waals surface area contributed by atoms with Gasteiger partial charge in [0.05, 0.1) is 0 Å². The van der Waals surface area contributed by atoms with Crippen molar-refractivity contribution in [3.8, 4) is 23.0 Å². The van der Waals surface area contributed by atoms with Crippen molar-refractivity contribution in [2.75, 3.05) is 29.5 Å². The highest BCUT2D eigenvalue weighted by atomic mass is 16.7. The molecule has 0 radical (unpaired) electrons. The van der Waals surface area contributed by atoms with Crippen LogP contribution in [0.5, 0.6) is 23.0 Å². The third-order valence-electron chi connectivity index (χ3n) is 6.47. The van der Waals surface area contributed by atoms with Gasteiger partial charge in [-0.2, -0.15) is 0 Å². The first-order valence-electron chi connectivity index (χ1n) is 14.0. The van der Waals surface area contributed by atoms with Crippen LogP contribution in [0, 0.1) is 0 Å². The molecule has 0 aliphatic carbocycles. The highest BCUT2D eigenvalue weighted by Gasteiger charge is 2.15. The van der Waals surface area contributed by atoms with Crippen molar-refractivity contribution in [2.24, 2.45) is 0 Å². The van der Waals surface area contributed by atoms with Gasteiger partial charge in [-0.3, -0.25) is 0 Å². The Bertz CT molecular complexity index is 1330. The number of ether oxygens (including phenoxy) is 4. The van der Waals surface area contributed by atoms with E-state index in [1.807, 2.05) is 91.0 Å². The molecule has 0 aromatic heterocycles. The Labute approximate surface area is 242 Å². The average molecular weight is 557 g/mol. The van der Waals surface area contributed by atoms with Gasteiger partial charge >= 0.3 is 0 Å². The number of hydrogen-bond donors (Lipinski definition) is 4. The maximum Gasteiger partial charge on any atom is 0.241 e. The Morgan fingerprint density at radius 2 is 0.976 bits per heavy atom. The second kappa shape index (κ2) is 15.2. The lowest BCUT2D eigenvalue weighted by atomic mass is 10.1. The molecule has 0 saturated heterocycles. The first kappa shape index (κ1) is 29.3. The summed E-state index contributed by atoms with van der Waals surface area (Å²) in [6.45, 7) is 0.416. The van der Waals surface area contributed by atoms with E-state index >= 15 is 0 Å². The molecule has 0 amide bonds. The zero-order valence-corrected chi connectivity index (χ0v) is 23.3. The first-order valence-corrected chi connectivity index (χ1v) is 14.0. The van der Waals surface area contributed by atoms with Crippen LogP contribution in [-0.4, -0.2) is 19.0 Å². The molecule has 8 heteroatoms. The van der Waals surface area contributed by atoms with Crippen LogP contribution in [0.2, 0.25) is 0 Å². The lowest BCUT2D eigenvalue weighted by molar-refractivity contribution is -0.00244. The minimum atomic E-state index is -0.450. The van der Waals surface area contributed by atoms with Crippen LogP contribution in [0.15, 0.2) is 97.1 Å². The van der Waals surface area contributed by atoms with Gasteiger partial charge in [0.15, 0.2) is 0 Å². The van der Waals surface area contributed by atoms with Gasteiger partial charge in [0.25, 0.3) is 0 Å². The van der Waals surface area contributed by atoms with Gasteiger partial charge < -0.3 is 41.9 Å². The molecule has 0 bridgehead atoms. The topological polar surface area (TPSA) is 141 Å². The molecule has 2 unspecified atom stereocenters. The Balaban J connectivity index is 1.27. The van der Waals surface area contributed by atoms with Gasteiger partial charge in [-0.1, -0.05) is 25.0 Å². The molecular formula is C33H40N4O4. The summed E-state index contributed by atoms with van der Waals surface area (Å²) in [7, 11) is 0. The molecule has 2 atom stereocenters. The quantitative estimate of drug-likeness (QED) is 0.0681. The summed E-state index contributed by atoms with van der Waals surface area (Å²) < 4.78 is 24.5. The summed E-state index contributed by atoms with van der Waals surface area (Å²) in [6, 6.07) is 29.5. The fourth-order valence-corrected chi connectivity index (χ4v) is 4.32. The number of nitrogens with two attached hydrogens (primary N) is 4. The lowest BCUT2D eigenvalue weighted by Gasteiger charge is -2.21. The molecule has 216 valence electrons. The number of nitrogen functional groups attached to an aromatic ring is 4. The minimum Gasteiger partial charge on any atom is -0.490 e. The lowest BCUT2D eigenvalue weighted by Crippen LogP contribution is -2.25. The highest BCUT2D eigenvalue weighted by Crippen LogP contribution is 2.23. The monoisotopic (exact) mass is 556 g/mol. The van der Waals surface area contributed by atoms with Crippen LogP contribution in [0.25, 0.3) is 0 Å². The zero-order valence-electron chi connectivity index (χ0n) is 23.3. The second-order valence-corrected chi connectivity index (χ2v) is 9.99. The van der Waals surface area contributed by atoms with Crippen molar-refractivity contribution >= 4 is 22.7 Å². The predicted molar refractivity (Wildman–Crippen MR) is 166 cm³/mol. The largest absolute Gasteiger partial charge is 0.490 e. The van der Waals surface area contributed by atoms with E-state index in [9.17, 15) is 0 Å². The van der Waals surface area contributed by atoms with Crippen molar-refractivity contribution in [1.29, 1.82) is 0 Å². The van der Waals surface area contributed by atoms with Crippen molar-refractivity contribution in [2.45, 2.75) is 50.9 Å². The summed E-state index contributed by atoms with van der Waals surface area (Å²) in [6.07, 6.45) is 4.98. The van der Waals surface area contributed by atoms with E-state index in [1.165, 1.54) is 0 Å². The molecular weight excluding hydrogens is 516 g/mol.